The van der Waals surface area contributed by atoms with Crippen molar-refractivity contribution in [1.82, 2.24) is 4.98 Å². The molecule has 1 saturated carbocycles. The number of nitrogens with zero attached hydrogens (tertiary/aromatic N) is 2. The Balaban J connectivity index is 1.43. The van der Waals surface area contributed by atoms with Crippen molar-refractivity contribution in [1.29, 1.82) is 0 Å². The molecule has 0 spiro atoms. The van der Waals surface area contributed by atoms with Crippen LogP contribution in [0.3, 0.4) is 0 Å². The highest BCUT2D eigenvalue weighted by atomic mass is 16.4. The third-order valence-corrected chi connectivity index (χ3v) is 6.82. The van der Waals surface area contributed by atoms with Gasteiger partial charge in [-0.25, -0.2) is 14.7 Å². The van der Waals surface area contributed by atoms with Crippen molar-refractivity contribution in [3.63, 3.8) is 0 Å². The van der Waals surface area contributed by atoms with E-state index >= 15 is 0 Å². The number of pyridine rings is 1. The van der Waals surface area contributed by atoms with Gasteiger partial charge in [0.15, 0.2) is 0 Å². The zero-order chi connectivity index (χ0) is 21.3. The minimum Gasteiger partial charge on any atom is -0.478 e. The van der Waals surface area contributed by atoms with Gasteiger partial charge in [-0.05, 0) is 42.5 Å². The fourth-order valence-corrected chi connectivity index (χ4v) is 5.46. The lowest BCUT2D eigenvalue weighted by atomic mass is 9.85. The number of allylic oxidation sites excluding steroid dienone is 2. The zero-order valence-corrected chi connectivity index (χ0v) is 16.4. The molecule has 1 aromatic heterocycles. The molecule has 0 unspecified atom stereocenters. The first-order valence-corrected chi connectivity index (χ1v) is 10.3. The standard InChI is InChI=1S/C25H18N2O4/c28-23-21-14-8-9-15(10-14)22(21)24(29)27(23)16-5-3-4-13(11-16)20-12-18(25(30)31)17-6-1-2-7-19(17)26-20/h1-9,11-12,14-15,21-22H,10H2,(H,30,31)/t14-,15-,21+,22+/m0/s1. The molecule has 2 bridgehead atoms. The number of hydrogen-bond donors (Lipinski definition) is 1. The maximum atomic E-state index is 13.1. The fraction of sp³-hybridized carbons (Fsp3) is 0.200. The van der Waals surface area contributed by atoms with Crippen molar-refractivity contribution in [2.24, 2.45) is 23.7 Å². The van der Waals surface area contributed by atoms with Gasteiger partial charge in [-0.15, -0.1) is 0 Å². The van der Waals surface area contributed by atoms with Crippen LogP contribution in [0.25, 0.3) is 22.2 Å². The average molecular weight is 410 g/mol. The summed E-state index contributed by atoms with van der Waals surface area (Å²) in [4.78, 5) is 44.0. The van der Waals surface area contributed by atoms with E-state index < -0.39 is 5.97 Å². The fourth-order valence-electron chi connectivity index (χ4n) is 5.46. The predicted molar refractivity (Wildman–Crippen MR) is 114 cm³/mol. The molecule has 6 heteroatoms. The molecule has 2 aliphatic carbocycles. The van der Waals surface area contributed by atoms with Gasteiger partial charge in [-0.1, -0.05) is 42.5 Å². The number of amides is 2. The molecule has 0 radical (unpaired) electrons. The monoisotopic (exact) mass is 410 g/mol. The van der Waals surface area contributed by atoms with Gasteiger partial charge in [0.1, 0.15) is 0 Å². The lowest BCUT2D eigenvalue weighted by Crippen LogP contribution is -2.32. The number of carbonyl (C=O) groups excluding carboxylic acids is 2. The summed E-state index contributed by atoms with van der Waals surface area (Å²) in [5.74, 6) is -1.52. The number of para-hydroxylation sites is 1. The average Bonchev–Trinajstić information content (AvgIpc) is 3.46. The maximum absolute atomic E-state index is 13.1. The molecule has 2 fully saturated rings. The van der Waals surface area contributed by atoms with Crippen LogP contribution >= 0.6 is 0 Å². The van der Waals surface area contributed by atoms with E-state index in [9.17, 15) is 19.5 Å². The number of carboxylic acids is 1. The number of hydrogen-bond acceptors (Lipinski definition) is 4. The Morgan fingerprint density at radius 3 is 2.35 bits per heavy atom. The number of aromatic nitrogens is 1. The van der Waals surface area contributed by atoms with Gasteiger partial charge in [-0.2, -0.15) is 0 Å². The van der Waals surface area contributed by atoms with E-state index in [2.05, 4.69) is 17.1 Å². The van der Waals surface area contributed by atoms with Gasteiger partial charge >= 0.3 is 5.97 Å². The Labute approximate surface area is 177 Å². The summed E-state index contributed by atoms with van der Waals surface area (Å²) in [6.45, 7) is 0. The van der Waals surface area contributed by atoms with Gasteiger partial charge in [0.2, 0.25) is 11.8 Å². The second-order valence-corrected chi connectivity index (χ2v) is 8.44. The number of carbonyl (C=O) groups is 3. The van der Waals surface area contributed by atoms with E-state index in [4.69, 9.17) is 0 Å². The second-order valence-electron chi connectivity index (χ2n) is 8.44. The quantitative estimate of drug-likeness (QED) is 0.522. The Hall–Kier alpha value is -3.80. The summed E-state index contributed by atoms with van der Waals surface area (Å²) in [7, 11) is 0. The number of benzene rings is 2. The van der Waals surface area contributed by atoms with Gasteiger partial charge < -0.3 is 5.11 Å². The summed E-state index contributed by atoms with van der Waals surface area (Å²) >= 11 is 0. The minimum absolute atomic E-state index is 0.137. The predicted octanol–water partition coefficient (Wildman–Crippen LogP) is 3.91. The molecule has 1 N–H and O–H groups in total. The molecule has 152 valence electrons. The molecule has 4 atom stereocenters. The number of imide groups is 1. The van der Waals surface area contributed by atoms with E-state index in [-0.39, 0.29) is 41.0 Å². The van der Waals surface area contributed by atoms with Crippen molar-refractivity contribution in [3.8, 4) is 11.3 Å². The lowest BCUT2D eigenvalue weighted by Gasteiger charge is -2.18. The van der Waals surface area contributed by atoms with Crippen LogP contribution in [0.5, 0.6) is 0 Å². The normalized spacial score (nSPS) is 26.1. The molecule has 1 aliphatic heterocycles. The van der Waals surface area contributed by atoms with E-state index in [0.29, 0.717) is 27.8 Å². The highest BCUT2D eigenvalue weighted by Crippen LogP contribution is 2.53. The molecule has 31 heavy (non-hydrogen) atoms. The summed E-state index contributed by atoms with van der Waals surface area (Å²) in [6, 6.07) is 15.7. The minimum atomic E-state index is -1.03. The maximum Gasteiger partial charge on any atom is 0.336 e. The Kier molecular flexibility index (Phi) is 3.69. The van der Waals surface area contributed by atoms with Crippen LogP contribution < -0.4 is 4.90 Å². The molecule has 3 aromatic rings. The van der Waals surface area contributed by atoms with E-state index in [1.807, 2.05) is 12.1 Å². The van der Waals surface area contributed by atoms with Crippen molar-refractivity contribution in [2.75, 3.05) is 4.90 Å². The summed E-state index contributed by atoms with van der Waals surface area (Å²) in [5, 5.41) is 10.2. The molecule has 2 heterocycles. The largest absolute Gasteiger partial charge is 0.478 e. The van der Waals surface area contributed by atoms with Crippen molar-refractivity contribution >= 4 is 34.4 Å². The van der Waals surface area contributed by atoms with Gasteiger partial charge in [0, 0.05) is 10.9 Å². The molecular formula is C25H18N2O4. The second kappa shape index (κ2) is 6.35. The van der Waals surface area contributed by atoms with Gasteiger partial charge in [0.05, 0.1) is 34.3 Å². The molecule has 3 aliphatic rings. The molecule has 2 amide bonds. The molecule has 1 saturated heterocycles. The third kappa shape index (κ3) is 2.51. The van der Waals surface area contributed by atoms with Crippen molar-refractivity contribution in [2.45, 2.75) is 6.42 Å². The number of aromatic carboxylic acids is 1. The Morgan fingerprint density at radius 1 is 0.935 bits per heavy atom. The van der Waals surface area contributed by atoms with Crippen LogP contribution in [-0.2, 0) is 9.59 Å². The summed E-state index contributed by atoms with van der Waals surface area (Å²) < 4.78 is 0. The van der Waals surface area contributed by atoms with E-state index in [1.165, 1.54) is 11.0 Å². The zero-order valence-electron chi connectivity index (χ0n) is 16.4. The van der Waals surface area contributed by atoms with Gasteiger partial charge in [0.25, 0.3) is 0 Å². The first-order valence-electron chi connectivity index (χ1n) is 10.3. The van der Waals surface area contributed by atoms with Crippen molar-refractivity contribution < 1.29 is 19.5 Å². The Bertz CT molecular complexity index is 1300. The lowest BCUT2D eigenvalue weighted by molar-refractivity contribution is -0.123. The highest BCUT2D eigenvalue weighted by molar-refractivity contribution is 6.23. The van der Waals surface area contributed by atoms with E-state index in [1.54, 1.807) is 36.4 Å². The van der Waals surface area contributed by atoms with E-state index in [0.717, 1.165) is 6.42 Å². The molecule has 6 nitrogen and oxygen atoms in total. The SMILES string of the molecule is O=C(O)c1cc(-c2cccc(N3C(=O)[C@H]4[C@H](C3=O)[C@H]3C=C[C@H]4C3)c2)nc2ccccc12. The van der Waals surface area contributed by atoms with Crippen LogP contribution in [-0.4, -0.2) is 27.9 Å². The molecule has 2 aromatic carbocycles. The number of anilines is 1. The first kappa shape index (κ1) is 18.0. The number of carboxylic acid groups (broad SMARTS) is 1. The van der Waals surface area contributed by atoms with Crippen LogP contribution in [0.15, 0.2) is 66.7 Å². The van der Waals surface area contributed by atoms with Crippen molar-refractivity contribution in [3.05, 3.63) is 72.3 Å². The first-order chi connectivity index (χ1) is 15.0. The third-order valence-electron chi connectivity index (χ3n) is 6.82. The molecular weight excluding hydrogens is 392 g/mol. The summed E-state index contributed by atoms with van der Waals surface area (Å²) in [5.41, 5.74) is 2.39. The highest BCUT2D eigenvalue weighted by Gasteiger charge is 2.59. The van der Waals surface area contributed by atoms with Gasteiger partial charge in [-0.3, -0.25) is 9.59 Å². The van der Waals surface area contributed by atoms with Crippen LogP contribution in [0.2, 0.25) is 0 Å². The smallest absolute Gasteiger partial charge is 0.336 e. The number of rotatable bonds is 3. The van der Waals surface area contributed by atoms with Crippen LogP contribution in [0.4, 0.5) is 5.69 Å². The van der Waals surface area contributed by atoms with Crippen LogP contribution in [0.1, 0.15) is 16.8 Å². The Morgan fingerprint density at radius 2 is 1.65 bits per heavy atom. The topological polar surface area (TPSA) is 87.6 Å². The summed E-state index contributed by atoms with van der Waals surface area (Å²) in [6.07, 6.45) is 5.03. The number of fused-ring (bicyclic) bond motifs is 6. The van der Waals surface area contributed by atoms with Crippen LogP contribution in [0, 0.1) is 23.7 Å². The molecule has 6 rings (SSSR count).